The highest BCUT2D eigenvalue weighted by molar-refractivity contribution is 8.00. The van der Waals surface area contributed by atoms with Gasteiger partial charge in [-0.15, -0.1) is 0 Å². The summed E-state index contributed by atoms with van der Waals surface area (Å²) >= 11 is 1.39. The molecule has 0 amide bonds. The third-order valence-electron chi connectivity index (χ3n) is 4.64. The Hall–Kier alpha value is -3.35. The summed E-state index contributed by atoms with van der Waals surface area (Å²) in [4.78, 5) is -0.493. The smallest absolute Gasteiger partial charge is 0.266 e. The van der Waals surface area contributed by atoms with E-state index in [0.29, 0.717) is 29.8 Å². The fourth-order valence-corrected chi connectivity index (χ4v) is 4.64. The van der Waals surface area contributed by atoms with Crippen LogP contribution in [0.1, 0.15) is 11.3 Å². The van der Waals surface area contributed by atoms with Crippen molar-refractivity contribution in [3.63, 3.8) is 0 Å². The molecule has 0 saturated carbocycles. The summed E-state index contributed by atoms with van der Waals surface area (Å²) in [7, 11) is -2.77. The van der Waals surface area contributed by atoms with Crippen LogP contribution >= 0.6 is 11.9 Å². The van der Waals surface area contributed by atoms with Gasteiger partial charge in [-0.3, -0.25) is 14.1 Å². The van der Waals surface area contributed by atoms with Gasteiger partial charge < -0.3 is 9.26 Å². The molecule has 2 N–H and O–H groups in total. The number of methoxy groups -OCH3 is 1. The van der Waals surface area contributed by atoms with Gasteiger partial charge in [-0.2, -0.15) is 5.10 Å². The molecular weight excluding hydrogens is 469 g/mol. The number of hydrogen-bond acceptors (Lipinski definition) is 8. The minimum absolute atomic E-state index is 0.0937. The summed E-state index contributed by atoms with van der Waals surface area (Å²) < 4.78 is 57.3. The number of nitrogens with zero attached hydrogens (tertiary/aromatic N) is 3. The monoisotopic (exact) mass is 489 g/mol. The van der Waals surface area contributed by atoms with Crippen molar-refractivity contribution in [3.8, 4) is 5.75 Å². The first-order valence-electron chi connectivity index (χ1n) is 9.66. The predicted molar refractivity (Wildman–Crippen MR) is 124 cm³/mol. The Bertz CT molecular complexity index is 1400. The van der Waals surface area contributed by atoms with Gasteiger partial charge in [-0.25, -0.2) is 12.8 Å². The van der Waals surface area contributed by atoms with Crippen molar-refractivity contribution in [2.45, 2.75) is 18.0 Å². The molecule has 0 radical (unpaired) electrons. The minimum Gasteiger partial charge on any atom is -0.496 e. The molecule has 9 nitrogen and oxygen atoms in total. The molecule has 0 unspecified atom stereocenters. The van der Waals surface area contributed by atoms with E-state index in [1.54, 1.807) is 22.2 Å². The molecule has 0 fully saturated rings. The molecule has 0 aliphatic heterocycles. The van der Waals surface area contributed by atoms with E-state index >= 15 is 0 Å². The molecule has 4 rings (SSSR count). The van der Waals surface area contributed by atoms with Crippen LogP contribution < -0.4 is 14.2 Å². The molecule has 2 aromatic heterocycles. The zero-order chi connectivity index (χ0) is 23.4. The van der Waals surface area contributed by atoms with E-state index in [1.165, 1.54) is 37.3 Å². The number of sulfonamides is 1. The average molecular weight is 490 g/mol. The van der Waals surface area contributed by atoms with E-state index in [1.807, 2.05) is 12.3 Å². The lowest BCUT2D eigenvalue weighted by molar-refractivity contribution is 0.418. The van der Waals surface area contributed by atoms with Crippen LogP contribution in [-0.4, -0.2) is 30.5 Å². The van der Waals surface area contributed by atoms with Crippen molar-refractivity contribution >= 4 is 38.8 Å². The van der Waals surface area contributed by atoms with E-state index in [4.69, 9.17) is 9.26 Å². The highest BCUT2D eigenvalue weighted by Gasteiger charge is 2.24. The first-order valence-corrected chi connectivity index (χ1v) is 12.0. The van der Waals surface area contributed by atoms with Crippen LogP contribution in [-0.2, 0) is 23.1 Å². The van der Waals surface area contributed by atoms with Crippen molar-refractivity contribution in [2.75, 3.05) is 11.8 Å². The number of anilines is 1. The van der Waals surface area contributed by atoms with Gasteiger partial charge in [-0.1, -0.05) is 35.8 Å². The van der Waals surface area contributed by atoms with Crippen molar-refractivity contribution in [3.05, 3.63) is 77.7 Å². The van der Waals surface area contributed by atoms with Crippen molar-refractivity contribution in [2.24, 2.45) is 0 Å². The Morgan fingerprint density at radius 1 is 1.30 bits per heavy atom. The third kappa shape index (κ3) is 5.02. The number of rotatable bonds is 10. The van der Waals surface area contributed by atoms with Crippen molar-refractivity contribution < 1.29 is 22.1 Å². The zero-order valence-corrected chi connectivity index (χ0v) is 19.1. The Labute approximate surface area is 193 Å². The number of benzene rings is 2. The number of hydrogen-bond donors (Lipinski definition) is 2. The third-order valence-corrected chi connectivity index (χ3v) is 6.49. The van der Waals surface area contributed by atoms with Crippen molar-refractivity contribution in [1.82, 2.24) is 19.7 Å². The standard InChI is InChI=1S/C21H20FN5O4S2/c1-3-32-23-12-15-8-9-27(24-15)13-14-10-17(30-2)20-18(11-14)31-25-21(20)26-33(28,29)19-7-5-4-6-16(19)22/h3-11,23H,1,12-13H2,2H3,(H,25,26). The number of fused-ring (bicyclic) bond motifs is 1. The second-order valence-electron chi connectivity index (χ2n) is 6.85. The lowest BCUT2D eigenvalue weighted by Crippen LogP contribution is -2.15. The van der Waals surface area contributed by atoms with E-state index in [0.717, 1.165) is 17.3 Å². The highest BCUT2D eigenvalue weighted by Crippen LogP contribution is 2.35. The lowest BCUT2D eigenvalue weighted by Gasteiger charge is -2.09. The van der Waals surface area contributed by atoms with Gasteiger partial charge in [-0.05, 0) is 41.3 Å². The van der Waals surface area contributed by atoms with E-state index in [2.05, 4.69) is 26.3 Å². The maximum Gasteiger partial charge on any atom is 0.266 e. The molecule has 4 aromatic rings. The topological polar surface area (TPSA) is 111 Å². The second-order valence-corrected chi connectivity index (χ2v) is 9.36. The molecule has 172 valence electrons. The van der Waals surface area contributed by atoms with Gasteiger partial charge >= 0.3 is 0 Å². The van der Waals surface area contributed by atoms with Gasteiger partial charge in [0.2, 0.25) is 0 Å². The predicted octanol–water partition coefficient (Wildman–Crippen LogP) is 3.90. The summed E-state index contributed by atoms with van der Waals surface area (Å²) in [5.41, 5.74) is 1.98. The molecular formula is C21H20FN5O4S2. The van der Waals surface area contributed by atoms with E-state index < -0.39 is 20.7 Å². The highest BCUT2D eigenvalue weighted by atomic mass is 32.2. The largest absolute Gasteiger partial charge is 0.496 e. The maximum absolute atomic E-state index is 14.0. The number of ether oxygens (including phenoxy) is 1. The molecule has 0 saturated heterocycles. The van der Waals surface area contributed by atoms with Crippen LogP contribution in [0.5, 0.6) is 5.75 Å². The second kappa shape index (κ2) is 9.65. The quantitative estimate of drug-likeness (QED) is 0.255. The fraction of sp³-hybridized carbons (Fsp3) is 0.143. The molecule has 0 aliphatic carbocycles. The van der Waals surface area contributed by atoms with Crippen LogP contribution in [0.4, 0.5) is 10.2 Å². The van der Waals surface area contributed by atoms with Crippen LogP contribution in [0.2, 0.25) is 0 Å². The van der Waals surface area contributed by atoms with Crippen LogP contribution in [0.25, 0.3) is 11.0 Å². The molecule has 12 heteroatoms. The summed E-state index contributed by atoms with van der Waals surface area (Å²) in [6.07, 6.45) is 1.85. The van der Waals surface area contributed by atoms with Gasteiger partial charge in [0.25, 0.3) is 10.0 Å². The summed E-state index contributed by atoms with van der Waals surface area (Å²) in [5, 5.41) is 10.4. The number of aromatic nitrogens is 3. The Balaban J connectivity index is 1.60. The lowest BCUT2D eigenvalue weighted by atomic mass is 10.1. The van der Waals surface area contributed by atoms with Crippen LogP contribution in [0, 0.1) is 5.82 Å². The van der Waals surface area contributed by atoms with Gasteiger partial charge in [0, 0.05) is 6.20 Å². The normalized spacial score (nSPS) is 11.6. The van der Waals surface area contributed by atoms with Gasteiger partial charge in [0.1, 0.15) is 21.8 Å². The Morgan fingerprint density at radius 3 is 2.88 bits per heavy atom. The summed E-state index contributed by atoms with van der Waals surface area (Å²) in [6.45, 7) is 4.64. The Morgan fingerprint density at radius 2 is 2.12 bits per heavy atom. The van der Waals surface area contributed by atoms with Gasteiger partial charge in [0.05, 0.1) is 25.9 Å². The average Bonchev–Trinajstić information content (AvgIpc) is 3.40. The molecule has 0 spiro atoms. The first-order chi connectivity index (χ1) is 15.9. The van der Waals surface area contributed by atoms with Crippen LogP contribution in [0.15, 0.2) is 70.1 Å². The van der Waals surface area contributed by atoms with Gasteiger partial charge in [0.15, 0.2) is 11.4 Å². The molecule has 33 heavy (non-hydrogen) atoms. The molecule has 0 bridgehead atoms. The SMILES string of the molecule is C=CSNCc1ccn(Cc2cc(OC)c3c(NS(=O)(=O)c4ccccc4F)noc3c2)n1. The molecule has 2 aromatic carbocycles. The molecule has 0 aliphatic rings. The Kier molecular flexibility index (Phi) is 6.67. The van der Waals surface area contributed by atoms with Crippen molar-refractivity contribution in [1.29, 1.82) is 0 Å². The maximum atomic E-state index is 14.0. The molecule has 0 atom stereocenters. The fourth-order valence-electron chi connectivity index (χ4n) is 3.20. The molecule has 2 heterocycles. The first kappa shape index (κ1) is 22.8. The number of halogens is 1. The van der Waals surface area contributed by atoms with E-state index in [9.17, 15) is 12.8 Å². The minimum atomic E-state index is -4.23. The summed E-state index contributed by atoms with van der Waals surface area (Å²) in [6, 6.07) is 10.4. The van der Waals surface area contributed by atoms with E-state index in [-0.39, 0.29) is 5.82 Å². The summed E-state index contributed by atoms with van der Waals surface area (Å²) in [5.74, 6) is -0.612. The zero-order valence-electron chi connectivity index (χ0n) is 17.5. The number of nitrogens with one attached hydrogen (secondary N) is 2. The van der Waals surface area contributed by atoms with Crippen LogP contribution in [0.3, 0.4) is 0 Å².